The second kappa shape index (κ2) is 12.7. The maximum atomic E-state index is 13.9. The fourth-order valence-corrected chi connectivity index (χ4v) is 4.12. The van der Waals surface area contributed by atoms with Crippen LogP contribution in [0.25, 0.3) is 0 Å². The highest BCUT2D eigenvalue weighted by Crippen LogP contribution is 2.19. The summed E-state index contributed by atoms with van der Waals surface area (Å²) >= 11 is 7.33. The van der Waals surface area contributed by atoms with Crippen LogP contribution in [0.3, 0.4) is 0 Å². The van der Waals surface area contributed by atoms with Gasteiger partial charge in [-0.3, -0.25) is 9.59 Å². The van der Waals surface area contributed by atoms with Gasteiger partial charge in [0.25, 0.3) is 0 Å². The van der Waals surface area contributed by atoms with E-state index in [1.54, 1.807) is 35.2 Å². The van der Waals surface area contributed by atoms with Gasteiger partial charge < -0.3 is 10.2 Å². The average Bonchev–Trinajstić information content (AvgIpc) is 2.76. The fourth-order valence-electron chi connectivity index (χ4n) is 3.09. The molecule has 0 radical (unpaired) electrons. The van der Waals surface area contributed by atoms with Gasteiger partial charge in [-0.2, -0.15) is 0 Å². The van der Waals surface area contributed by atoms with Crippen LogP contribution < -0.4 is 5.32 Å². The number of hydrogen-bond acceptors (Lipinski definition) is 3. The maximum absolute atomic E-state index is 13.9. The number of hydrogen-bond donors (Lipinski definition) is 1. The molecule has 0 spiro atoms. The first-order valence-electron chi connectivity index (χ1n) is 10.5. The van der Waals surface area contributed by atoms with Crippen molar-refractivity contribution in [2.45, 2.75) is 58.0 Å². The van der Waals surface area contributed by atoms with Crippen LogP contribution in [0.4, 0.5) is 4.39 Å². The minimum Gasteiger partial charge on any atom is -0.352 e. The Morgan fingerprint density at radius 1 is 1.10 bits per heavy atom. The Labute approximate surface area is 193 Å². The lowest BCUT2D eigenvalue weighted by Gasteiger charge is -2.31. The van der Waals surface area contributed by atoms with Crippen molar-refractivity contribution in [2.24, 2.45) is 0 Å². The van der Waals surface area contributed by atoms with E-state index in [0.29, 0.717) is 29.3 Å². The predicted octanol–water partition coefficient (Wildman–Crippen LogP) is 5.43. The molecule has 2 amide bonds. The first-order chi connectivity index (χ1) is 14.8. The summed E-state index contributed by atoms with van der Waals surface area (Å²) in [4.78, 5) is 27.7. The van der Waals surface area contributed by atoms with Crippen molar-refractivity contribution in [1.29, 1.82) is 0 Å². The van der Waals surface area contributed by atoms with Crippen LogP contribution in [-0.4, -0.2) is 34.6 Å². The van der Waals surface area contributed by atoms with E-state index in [1.807, 2.05) is 32.9 Å². The van der Waals surface area contributed by atoms with E-state index in [9.17, 15) is 14.0 Å². The maximum Gasteiger partial charge on any atom is 0.243 e. The van der Waals surface area contributed by atoms with Gasteiger partial charge in [0.15, 0.2) is 0 Å². The smallest absolute Gasteiger partial charge is 0.243 e. The Bertz CT molecular complexity index is 863. The van der Waals surface area contributed by atoms with Crippen molar-refractivity contribution < 1.29 is 14.0 Å². The number of nitrogens with one attached hydrogen (secondary N) is 1. The van der Waals surface area contributed by atoms with Gasteiger partial charge in [-0.25, -0.2) is 4.39 Å². The summed E-state index contributed by atoms with van der Waals surface area (Å²) in [6.07, 6.45) is 1.31. The minimum absolute atomic E-state index is 0.0319. The molecule has 0 aliphatic heterocycles. The lowest BCUT2D eigenvalue weighted by molar-refractivity contribution is -0.139. The van der Waals surface area contributed by atoms with E-state index < -0.39 is 6.04 Å². The Morgan fingerprint density at radius 2 is 1.77 bits per heavy atom. The standard InChI is InChI=1S/C24H30ClFN2O2S/c1-4-17(3)27-24(30)22(5-2)28(14-18-10-12-20(25)13-11-18)23(29)16-31-15-19-8-6-7-9-21(19)26/h6-13,17,22H,4-5,14-16H2,1-3H3,(H,27,30). The average molecular weight is 465 g/mol. The highest BCUT2D eigenvalue weighted by molar-refractivity contribution is 7.99. The molecule has 7 heteroatoms. The molecule has 2 aromatic rings. The zero-order valence-electron chi connectivity index (χ0n) is 18.2. The quantitative estimate of drug-likeness (QED) is 0.482. The van der Waals surface area contributed by atoms with Crippen molar-refractivity contribution in [3.63, 3.8) is 0 Å². The van der Waals surface area contributed by atoms with Gasteiger partial charge in [0.1, 0.15) is 11.9 Å². The van der Waals surface area contributed by atoms with Crippen LogP contribution in [0.5, 0.6) is 0 Å². The Morgan fingerprint density at radius 3 is 2.39 bits per heavy atom. The topological polar surface area (TPSA) is 49.4 Å². The lowest BCUT2D eigenvalue weighted by atomic mass is 10.1. The second-order valence-electron chi connectivity index (χ2n) is 7.47. The van der Waals surface area contributed by atoms with E-state index in [-0.39, 0.29) is 29.4 Å². The molecule has 2 rings (SSSR count). The number of thioether (sulfide) groups is 1. The highest BCUT2D eigenvalue weighted by Gasteiger charge is 2.29. The van der Waals surface area contributed by atoms with Crippen LogP contribution in [0.15, 0.2) is 48.5 Å². The third-order valence-electron chi connectivity index (χ3n) is 5.09. The van der Waals surface area contributed by atoms with Crippen LogP contribution in [-0.2, 0) is 21.9 Å². The molecule has 4 nitrogen and oxygen atoms in total. The molecule has 0 aliphatic rings. The Balaban J connectivity index is 2.14. The molecule has 2 aromatic carbocycles. The van der Waals surface area contributed by atoms with Crippen LogP contribution in [0, 0.1) is 5.82 Å². The molecule has 0 aromatic heterocycles. The monoisotopic (exact) mass is 464 g/mol. The van der Waals surface area contributed by atoms with E-state index in [4.69, 9.17) is 11.6 Å². The van der Waals surface area contributed by atoms with Gasteiger partial charge in [0.2, 0.25) is 11.8 Å². The molecule has 2 unspecified atom stereocenters. The molecule has 0 heterocycles. The molecular weight excluding hydrogens is 435 g/mol. The van der Waals surface area contributed by atoms with E-state index in [1.165, 1.54) is 17.8 Å². The van der Waals surface area contributed by atoms with Gasteiger partial charge >= 0.3 is 0 Å². The van der Waals surface area contributed by atoms with E-state index in [0.717, 1.165) is 12.0 Å². The van der Waals surface area contributed by atoms with Crippen LogP contribution in [0.2, 0.25) is 5.02 Å². The Hall–Kier alpha value is -2.05. The molecule has 0 saturated heterocycles. The van der Waals surface area contributed by atoms with Crippen molar-refractivity contribution in [2.75, 3.05) is 5.75 Å². The SMILES string of the molecule is CCC(C)NC(=O)C(CC)N(Cc1ccc(Cl)cc1)C(=O)CSCc1ccccc1F. The number of carbonyl (C=O) groups is 2. The summed E-state index contributed by atoms with van der Waals surface area (Å²) in [5.41, 5.74) is 1.46. The first kappa shape index (κ1) is 25.2. The number of halogens is 2. The largest absolute Gasteiger partial charge is 0.352 e. The normalized spacial score (nSPS) is 12.8. The van der Waals surface area contributed by atoms with Gasteiger partial charge in [0, 0.05) is 23.4 Å². The molecule has 1 N–H and O–H groups in total. The van der Waals surface area contributed by atoms with Gasteiger partial charge in [0.05, 0.1) is 5.75 Å². The third-order valence-corrected chi connectivity index (χ3v) is 6.31. The van der Waals surface area contributed by atoms with Gasteiger partial charge in [-0.15, -0.1) is 11.8 Å². The zero-order chi connectivity index (χ0) is 22.8. The number of rotatable bonds is 11. The highest BCUT2D eigenvalue weighted by atomic mass is 35.5. The Kier molecular flexibility index (Phi) is 10.3. The lowest BCUT2D eigenvalue weighted by Crippen LogP contribution is -2.51. The summed E-state index contributed by atoms with van der Waals surface area (Å²) in [5, 5.41) is 3.60. The molecule has 0 bridgehead atoms. The molecule has 0 fully saturated rings. The van der Waals surface area contributed by atoms with Crippen LogP contribution >= 0.6 is 23.4 Å². The molecule has 31 heavy (non-hydrogen) atoms. The molecule has 0 saturated carbocycles. The van der Waals surface area contributed by atoms with Crippen molar-refractivity contribution in [1.82, 2.24) is 10.2 Å². The molecule has 168 valence electrons. The summed E-state index contributed by atoms with van der Waals surface area (Å²) in [5.74, 6) is -0.0292. The number of nitrogens with zero attached hydrogens (tertiary/aromatic N) is 1. The first-order valence-corrected chi connectivity index (χ1v) is 12.0. The molecular formula is C24H30ClFN2O2S. The number of carbonyl (C=O) groups excluding carboxylic acids is 2. The molecule has 2 atom stereocenters. The van der Waals surface area contributed by atoms with Gasteiger partial charge in [-0.05, 0) is 49.1 Å². The number of amides is 2. The van der Waals surface area contributed by atoms with Crippen molar-refractivity contribution in [3.8, 4) is 0 Å². The van der Waals surface area contributed by atoms with E-state index >= 15 is 0 Å². The number of benzene rings is 2. The summed E-state index contributed by atoms with van der Waals surface area (Å²) in [7, 11) is 0. The minimum atomic E-state index is -0.578. The predicted molar refractivity (Wildman–Crippen MR) is 127 cm³/mol. The second-order valence-corrected chi connectivity index (χ2v) is 8.90. The molecule has 0 aliphatic carbocycles. The summed E-state index contributed by atoms with van der Waals surface area (Å²) < 4.78 is 13.9. The van der Waals surface area contributed by atoms with Crippen molar-refractivity contribution in [3.05, 3.63) is 70.5 Å². The summed E-state index contributed by atoms with van der Waals surface area (Å²) in [6, 6.07) is 13.3. The van der Waals surface area contributed by atoms with Crippen molar-refractivity contribution >= 4 is 35.2 Å². The zero-order valence-corrected chi connectivity index (χ0v) is 19.8. The third kappa shape index (κ3) is 7.86. The van der Waals surface area contributed by atoms with Gasteiger partial charge in [-0.1, -0.05) is 55.8 Å². The van der Waals surface area contributed by atoms with E-state index in [2.05, 4.69) is 5.32 Å². The van der Waals surface area contributed by atoms with Crippen LogP contribution in [0.1, 0.15) is 44.7 Å². The summed E-state index contributed by atoms with van der Waals surface area (Å²) in [6.45, 7) is 6.15. The fraction of sp³-hybridized carbons (Fsp3) is 0.417.